The minimum absolute atomic E-state index is 0.0642. The summed E-state index contributed by atoms with van der Waals surface area (Å²) in [5.41, 5.74) is 0.912. The third-order valence-corrected chi connectivity index (χ3v) is 3.48. The molecule has 0 aliphatic carbocycles. The molecule has 1 N–H and O–H groups in total. The summed E-state index contributed by atoms with van der Waals surface area (Å²) in [6, 6.07) is 12.4. The second-order valence-corrected chi connectivity index (χ2v) is 5.35. The van der Waals surface area contributed by atoms with E-state index in [1.165, 1.54) is 12.1 Å². The SMILES string of the molecule is N#Cc1ccc(N(C=O)CC(=O)NCc2ccc(Cl)cc2)c(F)c1. The molecule has 0 bridgehead atoms. The average molecular weight is 346 g/mol. The highest BCUT2D eigenvalue weighted by Crippen LogP contribution is 2.19. The largest absolute Gasteiger partial charge is 0.350 e. The number of hydrogen-bond acceptors (Lipinski definition) is 3. The van der Waals surface area contributed by atoms with Crippen LogP contribution in [-0.2, 0) is 16.1 Å². The van der Waals surface area contributed by atoms with Crippen LogP contribution in [0.4, 0.5) is 10.1 Å². The third kappa shape index (κ3) is 4.54. The molecule has 2 rings (SSSR count). The lowest BCUT2D eigenvalue weighted by Crippen LogP contribution is -2.36. The summed E-state index contributed by atoms with van der Waals surface area (Å²) in [6.07, 6.45) is 0.367. The standard InChI is InChI=1S/C17H13ClFN3O2/c18-14-4-1-12(2-5-14)9-21-17(24)10-22(11-23)16-6-3-13(8-20)7-15(16)19/h1-7,11H,9-10H2,(H,21,24). The van der Waals surface area contributed by atoms with Gasteiger partial charge in [0.25, 0.3) is 0 Å². The fourth-order valence-electron chi connectivity index (χ4n) is 2.00. The number of amides is 2. The number of rotatable bonds is 6. The Bertz CT molecular complexity index is 787. The summed E-state index contributed by atoms with van der Waals surface area (Å²) >= 11 is 5.78. The van der Waals surface area contributed by atoms with Gasteiger partial charge in [0.15, 0.2) is 0 Å². The Balaban J connectivity index is 1.99. The zero-order valence-corrected chi connectivity index (χ0v) is 13.3. The van der Waals surface area contributed by atoms with E-state index in [1.54, 1.807) is 30.3 Å². The molecule has 0 fully saturated rings. The van der Waals surface area contributed by atoms with Gasteiger partial charge in [-0.15, -0.1) is 0 Å². The molecule has 0 saturated heterocycles. The molecule has 2 aromatic rings. The van der Waals surface area contributed by atoms with E-state index in [1.807, 2.05) is 0 Å². The highest BCUT2D eigenvalue weighted by molar-refractivity contribution is 6.30. The quantitative estimate of drug-likeness (QED) is 0.818. The Morgan fingerprint density at radius 2 is 2.00 bits per heavy atom. The van der Waals surface area contributed by atoms with Crippen molar-refractivity contribution in [3.05, 3.63) is 64.4 Å². The molecule has 0 radical (unpaired) electrons. The molecule has 5 nitrogen and oxygen atoms in total. The van der Waals surface area contributed by atoms with E-state index < -0.39 is 11.7 Å². The van der Waals surface area contributed by atoms with Crippen LogP contribution >= 0.6 is 11.6 Å². The lowest BCUT2D eigenvalue weighted by Gasteiger charge is -2.17. The molecular weight excluding hydrogens is 333 g/mol. The van der Waals surface area contributed by atoms with Gasteiger partial charge in [-0.25, -0.2) is 4.39 Å². The smallest absolute Gasteiger partial charge is 0.240 e. The molecule has 0 aromatic heterocycles. The number of nitriles is 1. The van der Waals surface area contributed by atoms with Gasteiger partial charge in [0.1, 0.15) is 12.4 Å². The van der Waals surface area contributed by atoms with Crippen molar-refractivity contribution in [1.82, 2.24) is 5.32 Å². The van der Waals surface area contributed by atoms with Gasteiger partial charge in [-0.3, -0.25) is 9.59 Å². The minimum atomic E-state index is -0.744. The van der Waals surface area contributed by atoms with Gasteiger partial charge in [0, 0.05) is 11.6 Å². The lowest BCUT2D eigenvalue weighted by atomic mass is 10.2. The fraction of sp³-hybridized carbons (Fsp3) is 0.118. The maximum atomic E-state index is 13.9. The van der Waals surface area contributed by atoms with Crippen molar-refractivity contribution in [2.24, 2.45) is 0 Å². The van der Waals surface area contributed by atoms with Crippen molar-refractivity contribution in [2.45, 2.75) is 6.54 Å². The Kier molecular flexibility index (Phi) is 5.88. The van der Waals surface area contributed by atoms with Gasteiger partial charge in [0.05, 0.1) is 17.3 Å². The molecule has 7 heteroatoms. The first kappa shape index (κ1) is 17.4. The molecule has 2 aromatic carbocycles. The number of carbonyl (C=O) groups excluding carboxylic acids is 2. The fourth-order valence-corrected chi connectivity index (χ4v) is 2.13. The molecule has 0 unspecified atom stereocenters. The maximum Gasteiger partial charge on any atom is 0.240 e. The summed E-state index contributed by atoms with van der Waals surface area (Å²) in [6.45, 7) is -0.0710. The molecule has 24 heavy (non-hydrogen) atoms. The predicted molar refractivity (Wildman–Crippen MR) is 87.8 cm³/mol. The van der Waals surface area contributed by atoms with Crippen molar-refractivity contribution in [3.8, 4) is 6.07 Å². The van der Waals surface area contributed by atoms with E-state index in [0.29, 0.717) is 11.4 Å². The number of benzene rings is 2. The van der Waals surface area contributed by atoms with Crippen molar-refractivity contribution in [3.63, 3.8) is 0 Å². The molecule has 0 aliphatic heterocycles. The number of hydrogen-bond donors (Lipinski definition) is 1. The Hall–Kier alpha value is -2.91. The molecule has 0 spiro atoms. The van der Waals surface area contributed by atoms with Gasteiger partial charge in [0.2, 0.25) is 12.3 Å². The van der Waals surface area contributed by atoms with Crippen LogP contribution < -0.4 is 10.2 Å². The first-order valence-electron chi connectivity index (χ1n) is 6.96. The van der Waals surface area contributed by atoms with Gasteiger partial charge >= 0.3 is 0 Å². The van der Waals surface area contributed by atoms with Crippen LogP contribution in [0, 0.1) is 17.1 Å². The lowest BCUT2D eigenvalue weighted by molar-refractivity contribution is -0.121. The van der Waals surface area contributed by atoms with Gasteiger partial charge in [-0.2, -0.15) is 5.26 Å². The van der Waals surface area contributed by atoms with Crippen molar-refractivity contribution >= 4 is 29.6 Å². The molecule has 2 amide bonds. The maximum absolute atomic E-state index is 13.9. The topological polar surface area (TPSA) is 73.2 Å². The normalized spacial score (nSPS) is 9.88. The van der Waals surface area contributed by atoms with Crippen LogP contribution in [0.5, 0.6) is 0 Å². The molecule has 0 heterocycles. The second-order valence-electron chi connectivity index (χ2n) is 4.91. The second kappa shape index (κ2) is 8.09. The summed E-state index contributed by atoms with van der Waals surface area (Å²) < 4.78 is 13.9. The Morgan fingerprint density at radius 1 is 1.29 bits per heavy atom. The van der Waals surface area contributed by atoms with Crippen LogP contribution in [0.3, 0.4) is 0 Å². The van der Waals surface area contributed by atoms with Crippen LogP contribution in [0.1, 0.15) is 11.1 Å². The zero-order valence-electron chi connectivity index (χ0n) is 12.5. The van der Waals surface area contributed by atoms with E-state index in [-0.39, 0.29) is 24.3 Å². The number of anilines is 1. The Morgan fingerprint density at radius 3 is 2.58 bits per heavy atom. The number of nitrogens with zero attached hydrogens (tertiary/aromatic N) is 2. The predicted octanol–water partition coefficient (Wildman–Crippen LogP) is 2.63. The number of carbonyl (C=O) groups is 2. The molecule has 0 atom stereocenters. The minimum Gasteiger partial charge on any atom is -0.350 e. The van der Waals surface area contributed by atoms with E-state index in [4.69, 9.17) is 16.9 Å². The number of nitrogens with one attached hydrogen (secondary N) is 1. The number of halogens is 2. The van der Waals surface area contributed by atoms with E-state index in [2.05, 4.69) is 5.32 Å². The average Bonchev–Trinajstić information content (AvgIpc) is 2.59. The Labute approximate surface area is 143 Å². The highest BCUT2D eigenvalue weighted by atomic mass is 35.5. The zero-order chi connectivity index (χ0) is 17.5. The van der Waals surface area contributed by atoms with Gasteiger partial charge < -0.3 is 10.2 Å². The summed E-state index contributed by atoms with van der Waals surface area (Å²) in [5.74, 6) is -1.19. The van der Waals surface area contributed by atoms with Crippen molar-refractivity contribution < 1.29 is 14.0 Å². The van der Waals surface area contributed by atoms with Gasteiger partial charge in [-0.1, -0.05) is 23.7 Å². The van der Waals surface area contributed by atoms with E-state index in [9.17, 15) is 14.0 Å². The van der Waals surface area contributed by atoms with E-state index in [0.717, 1.165) is 16.5 Å². The van der Waals surface area contributed by atoms with Crippen molar-refractivity contribution in [1.29, 1.82) is 5.26 Å². The van der Waals surface area contributed by atoms with Crippen LogP contribution in [0.25, 0.3) is 0 Å². The molecule has 122 valence electrons. The summed E-state index contributed by atoms with van der Waals surface area (Å²) in [4.78, 5) is 24.0. The summed E-state index contributed by atoms with van der Waals surface area (Å²) in [5, 5.41) is 11.9. The van der Waals surface area contributed by atoms with Crippen molar-refractivity contribution in [2.75, 3.05) is 11.4 Å². The molecule has 0 saturated carbocycles. The van der Waals surface area contributed by atoms with Crippen LogP contribution in [0.15, 0.2) is 42.5 Å². The van der Waals surface area contributed by atoms with Crippen LogP contribution in [-0.4, -0.2) is 18.9 Å². The van der Waals surface area contributed by atoms with Crippen LogP contribution in [0.2, 0.25) is 5.02 Å². The first-order valence-corrected chi connectivity index (χ1v) is 7.34. The van der Waals surface area contributed by atoms with Gasteiger partial charge in [-0.05, 0) is 35.9 Å². The monoisotopic (exact) mass is 345 g/mol. The highest BCUT2D eigenvalue weighted by Gasteiger charge is 2.15. The first-order chi connectivity index (χ1) is 11.5. The summed E-state index contributed by atoms with van der Waals surface area (Å²) in [7, 11) is 0. The van der Waals surface area contributed by atoms with E-state index >= 15 is 0 Å². The molecular formula is C17H13ClFN3O2. The third-order valence-electron chi connectivity index (χ3n) is 3.23. The molecule has 0 aliphatic rings.